The van der Waals surface area contributed by atoms with E-state index in [0.29, 0.717) is 16.9 Å². The molecule has 0 saturated heterocycles. The summed E-state index contributed by atoms with van der Waals surface area (Å²) in [6.45, 7) is 1.97. The van der Waals surface area contributed by atoms with E-state index >= 15 is 0 Å². The second-order valence-corrected chi connectivity index (χ2v) is 8.39. The smallest absolute Gasteiger partial charge is 0.256 e. The average molecular weight is 444 g/mol. The highest BCUT2D eigenvalue weighted by atomic mass is 127. The summed E-state index contributed by atoms with van der Waals surface area (Å²) in [7, 11) is -1.87. The lowest BCUT2D eigenvalue weighted by molar-refractivity contribution is 0.102. The monoisotopic (exact) mass is 444 g/mol. The number of hydrogen-bond donors (Lipinski definition) is 1. The maximum Gasteiger partial charge on any atom is 0.256 e. The van der Waals surface area contributed by atoms with Gasteiger partial charge in [0, 0.05) is 16.3 Å². The van der Waals surface area contributed by atoms with Crippen molar-refractivity contribution in [2.75, 3.05) is 22.9 Å². The Morgan fingerprint density at radius 1 is 1.17 bits per heavy atom. The van der Waals surface area contributed by atoms with E-state index in [0.717, 1.165) is 19.7 Å². The Morgan fingerprint density at radius 3 is 2.48 bits per heavy atom. The maximum absolute atomic E-state index is 12.4. The number of anilines is 2. The molecule has 122 valence electrons. The van der Waals surface area contributed by atoms with Gasteiger partial charge in [-0.3, -0.25) is 9.10 Å². The van der Waals surface area contributed by atoms with Crippen molar-refractivity contribution in [2.45, 2.75) is 6.92 Å². The van der Waals surface area contributed by atoms with Gasteiger partial charge >= 0.3 is 0 Å². The van der Waals surface area contributed by atoms with Crippen molar-refractivity contribution >= 4 is 49.9 Å². The highest BCUT2D eigenvalue weighted by Crippen LogP contribution is 2.22. The molecular weight excluding hydrogens is 427 g/mol. The second kappa shape index (κ2) is 6.88. The van der Waals surface area contributed by atoms with Gasteiger partial charge in [-0.1, -0.05) is 17.7 Å². The fourth-order valence-electron chi connectivity index (χ4n) is 1.97. The number of sulfonamides is 1. The lowest BCUT2D eigenvalue weighted by Crippen LogP contribution is -2.25. The Kier molecular flexibility index (Phi) is 5.30. The lowest BCUT2D eigenvalue weighted by Gasteiger charge is -2.17. The molecule has 7 heteroatoms. The Hall–Kier alpha value is -1.61. The highest BCUT2D eigenvalue weighted by Gasteiger charge is 2.14. The summed E-state index contributed by atoms with van der Waals surface area (Å²) in [5, 5.41) is 2.80. The molecule has 0 atom stereocenters. The first-order valence-electron chi connectivity index (χ1n) is 6.80. The van der Waals surface area contributed by atoms with Crippen molar-refractivity contribution in [3.63, 3.8) is 0 Å². The number of nitrogens with zero attached hydrogens (tertiary/aromatic N) is 1. The van der Waals surface area contributed by atoms with Crippen molar-refractivity contribution in [3.8, 4) is 0 Å². The molecule has 0 radical (unpaired) electrons. The van der Waals surface area contributed by atoms with Crippen LogP contribution in [0.2, 0.25) is 0 Å². The van der Waals surface area contributed by atoms with Crippen LogP contribution in [-0.4, -0.2) is 27.6 Å². The highest BCUT2D eigenvalue weighted by molar-refractivity contribution is 14.1. The van der Waals surface area contributed by atoms with E-state index in [-0.39, 0.29) is 5.91 Å². The van der Waals surface area contributed by atoms with Crippen LogP contribution in [0, 0.1) is 10.5 Å². The summed E-state index contributed by atoms with van der Waals surface area (Å²) < 4.78 is 25.2. The molecule has 0 aliphatic heterocycles. The number of aryl methyl sites for hydroxylation is 1. The summed E-state index contributed by atoms with van der Waals surface area (Å²) in [5.74, 6) is -0.228. The predicted octanol–water partition coefficient (Wildman–Crippen LogP) is 3.25. The SMILES string of the molecule is Cc1ccc(C(=O)Nc2cccc(N(C)S(C)(=O)=O)c2)c(I)c1. The molecule has 2 aromatic carbocycles. The minimum absolute atomic E-state index is 0.228. The van der Waals surface area contributed by atoms with E-state index < -0.39 is 10.0 Å². The van der Waals surface area contributed by atoms with E-state index in [1.54, 1.807) is 30.3 Å². The topological polar surface area (TPSA) is 66.5 Å². The molecular formula is C16H17IN2O3S. The van der Waals surface area contributed by atoms with Gasteiger partial charge in [-0.15, -0.1) is 0 Å². The first-order chi connectivity index (χ1) is 10.7. The van der Waals surface area contributed by atoms with E-state index in [9.17, 15) is 13.2 Å². The Labute approximate surface area is 149 Å². The van der Waals surface area contributed by atoms with Gasteiger partial charge < -0.3 is 5.32 Å². The quantitative estimate of drug-likeness (QED) is 0.737. The van der Waals surface area contributed by atoms with Gasteiger partial charge in [0.2, 0.25) is 10.0 Å². The molecule has 1 N–H and O–H groups in total. The molecule has 0 aliphatic carbocycles. The second-order valence-electron chi connectivity index (χ2n) is 5.22. The summed E-state index contributed by atoms with van der Waals surface area (Å²) in [6.07, 6.45) is 1.13. The van der Waals surface area contributed by atoms with Crippen molar-refractivity contribution in [1.29, 1.82) is 0 Å². The number of nitrogens with one attached hydrogen (secondary N) is 1. The molecule has 2 rings (SSSR count). The van der Waals surface area contributed by atoms with Crippen LogP contribution in [0.5, 0.6) is 0 Å². The zero-order chi connectivity index (χ0) is 17.2. The van der Waals surface area contributed by atoms with Crippen LogP contribution < -0.4 is 9.62 Å². The number of carbonyl (C=O) groups excluding carboxylic acids is 1. The van der Waals surface area contributed by atoms with Crippen LogP contribution >= 0.6 is 22.6 Å². The van der Waals surface area contributed by atoms with E-state index in [1.165, 1.54) is 7.05 Å². The van der Waals surface area contributed by atoms with Crippen LogP contribution in [0.3, 0.4) is 0 Å². The number of carbonyl (C=O) groups is 1. The Balaban J connectivity index is 2.25. The Morgan fingerprint density at radius 2 is 1.87 bits per heavy atom. The van der Waals surface area contributed by atoms with Crippen molar-refractivity contribution in [1.82, 2.24) is 0 Å². The van der Waals surface area contributed by atoms with Crippen LogP contribution in [0.25, 0.3) is 0 Å². The summed E-state index contributed by atoms with van der Waals surface area (Å²) in [5.41, 5.74) is 2.70. The van der Waals surface area contributed by atoms with Gasteiger partial charge in [-0.05, 0) is 59.8 Å². The summed E-state index contributed by atoms with van der Waals surface area (Å²) >= 11 is 2.12. The molecule has 23 heavy (non-hydrogen) atoms. The predicted molar refractivity (Wildman–Crippen MR) is 102 cm³/mol. The van der Waals surface area contributed by atoms with Crippen LogP contribution in [0.15, 0.2) is 42.5 Å². The fraction of sp³-hybridized carbons (Fsp3) is 0.188. The molecule has 0 heterocycles. The molecule has 0 bridgehead atoms. The molecule has 2 aromatic rings. The number of benzene rings is 2. The standard InChI is InChI=1S/C16H17IN2O3S/c1-11-7-8-14(15(17)9-11)16(20)18-12-5-4-6-13(10-12)19(2)23(3,21)22/h4-10H,1-3H3,(H,18,20). The van der Waals surface area contributed by atoms with Gasteiger partial charge in [0.25, 0.3) is 5.91 Å². The van der Waals surface area contributed by atoms with Gasteiger partial charge in [-0.25, -0.2) is 8.42 Å². The Bertz CT molecular complexity index is 850. The maximum atomic E-state index is 12.4. The molecule has 0 unspecified atom stereocenters. The largest absolute Gasteiger partial charge is 0.322 e. The molecule has 0 aromatic heterocycles. The minimum atomic E-state index is -3.35. The average Bonchev–Trinajstić information content (AvgIpc) is 2.45. The molecule has 0 aliphatic rings. The summed E-state index contributed by atoms with van der Waals surface area (Å²) in [6, 6.07) is 12.3. The van der Waals surface area contributed by atoms with E-state index in [2.05, 4.69) is 27.9 Å². The molecule has 1 amide bonds. The van der Waals surface area contributed by atoms with E-state index in [4.69, 9.17) is 0 Å². The fourth-order valence-corrected chi connectivity index (χ4v) is 3.39. The van der Waals surface area contributed by atoms with Crippen LogP contribution in [0.1, 0.15) is 15.9 Å². The van der Waals surface area contributed by atoms with E-state index in [1.807, 2.05) is 19.1 Å². The number of amides is 1. The number of rotatable bonds is 4. The van der Waals surface area contributed by atoms with Crippen molar-refractivity contribution < 1.29 is 13.2 Å². The molecule has 5 nitrogen and oxygen atoms in total. The zero-order valence-corrected chi connectivity index (χ0v) is 16.0. The first kappa shape index (κ1) is 17.7. The van der Waals surface area contributed by atoms with Gasteiger partial charge in [0.05, 0.1) is 17.5 Å². The van der Waals surface area contributed by atoms with Gasteiger partial charge in [-0.2, -0.15) is 0 Å². The first-order valence-corrected chi connectivity index (χ1v) is 9.72. The van der Waals surface area contributed by atoms with Gasteiger partial charge in [0.15, 0.2) is 0 Å². The number of halogens is 1. The lowest BCUT2D eigenvalue weighted by atomic mass is 10.1. The van der Waals surface area contributed by atoms with Crippen molar-refractivity contribution in [2.24, 2.45) is 0 Å². The minimum Gasteiger partial charge on any atom is -0.322 e. The third-order valence-electron chi connectivity index (χ3n) is 3.33. The van der Waals surface area contributed by atoms with Crippen LogP contribution in [0.4, 0.5) is 11.4 Å². The molecule has 0 spiro atoms. The summed E-state index contributed by atoms with van der Waals surface area (Å²) in [4.78, 5) is 12.4. The third kappa shape index (κ3) is 4.44. The number of hydrogen-bond acceptors (Lipinski definition) is 3. The van der Waals surface area contributed by atoms with Crippen LogP contribution in [-0.2, 0) is 10.0 Å². The zero-order valence-electron chi connectivity index (χ0n) is 13.0. The van der Waals surface area contributed by atoms with Crippen molar-refractivity contribution in [3.05, 3.63) is 57.2 Å². The van der Waals surface area contributed by atoms with Gasteiger partial charge in [0.1, 0.15) is 0 Å². The molecule has 0 fully saturated rings. The normalized spacial score (nSPS) is 11.1. The third-order valence-corrected chi connectivity index (χ3v) is 5.43. The molecule has 0 saturated carbocycles.